The van der Waals surface area contributed by atoms with E-state index in [4.69, 9.17) is 0 Å². The fourth-order valence-electron chi connectivity index (χ4n) is 0.546. The Bertz CT molecular complexity index is 260. The Morgan fingerprint density at radius 1 is 1.73 bits per heavy atom. The molecular weight excluding hydrogens is 216 g/mol. The number of methoxy groups -OCH3 is 1. The van der Waals surface area contributed by atoms with Crippen LogP contribution in [-0.4, -0.2) is 23.4 Å². The molecule has 0 spiro atoms. The van der Waals surface area contributed by atoms with Crippen LogP contribution in [0.3, 0.4) is 0 Å². The van der Waals surface area contributed by atoms with Crippen molar-refractivity contribution < 1.29 is 14.2 Å². The van der Waals surface area contributed by atoms with Gasteiger partial charge in [-0.25, -0.2) is 9.42 Å². The van der Waals surface area contributed by atoms with Crippen molar-refractivity contribution in [1.29, 1.82) is 0 Å². The number of halogens is 1. The summed E-state index contributed by atoms with van der Waals surface area (Å²) in [7, 11) is 1.27. The first kappa shape index (κ1) is 8.19. The minimum atomic E-state index is -0.541. The largest absolute Gasteiger partial charge is 0.464 e. The van der Waals surface area contributed by atoms with Gasteiger partial charge < -0.3 is 4.74 Å². The zero-order valence-electron chi connectivity index (χ0n) is 5.70. The van der Waals surface area contributed by atoms with Gasteiger partial charge in [0.25, 0.3) is 0 Å². The van der Waals surface area contributed by atoms with Gasteiger partial charge in [-0.3, -0.25) is 0 Å². The van der Waals surface area contributed by atoms with E-state index in [-0.39, 0.29) is 5.69 Å². The van der Waals surface area contributed by atoms with Crippen LogP contribution in [0.2, 0.25) is 0 Å². The fourth-order valence-corrected chi connectivity index (χ4v) is 0.914. The summed E-state index contributed by atoms with van der Waals surface area (Å²) >= 11 is 3.11. The van der Waals surface area contributed by atoms with Crippen LogP contribution in [0.4, 0.5) is 0 Å². The second-order valence-electron chi connectivity index (χ2n) is 1.68. The van der Waals surface area contributed by atoms with Gasteiger partial charge in [0.2, 0.25) is 5.69 Å². The predicted molar refractivity (Wildman–Crippen MR) is 38.3 cm³/mol. The molecule has 0 atom stereocenters. The molecule has 0 aliphatic carbocycles. The van der Waals surface area contributed by atoms with E-state index in [1.54, 1.807) is 0 Å². The van der Waals surface area contributed by atoms with Crippen LogP contribution >= 0.6 is 15.9 Å². The number of carbonyl (C=O) groups excluding carboxylic acids is 1. The van der Waals surface area contributed by atoms with Crippen molar-refractivity contribution >= 4 is 21.9 Å². The monoisotopic (exact) mass is 220 g/mol. The molecule has 0 bridgehead atoms. The predicted octanol–water partition coefficient (Wildman–Crippen LogP) is 0.751. The third-order valence-corrected chi connectivity index (χ3v) is 1.59. The summed E-state index contributed by atoms with van der Waals surface area (Å²) in [6, 6.07) is 0. The van der Waals surface area contributed by atoms with E-state index in [0.29, 0.717) is 11.0 Å². The van der Waals surface area contributed by atoms with Crippen molar-refractivity contribution in [2.45, 2.75) is 5.33 Å². The van der Waals surface area contributed by atoms with E-state index in [1.807, 2.05) is 0 Å². The van der Waals surface area contributed by atoms with Gasteiger partial charge >= 0.3 is 5.97 Å². The second kappa shape index (κ2) is 3.47. The lowest BCUT2D eigenvalue weighted by Gasteiger charge is -1.91. The molecule has 0 amide bonds. The van der Waals surface area contributed by atoms with Crippen LogP contribution < -0.4 is 0 Å². The molecule has 0 unspecified atom stereocenters. The van der Waals surface area contributed by atoms with Crippen LogP contribution in [0.15, 0.2) is 4.63 Å². The summed E-state index contributed by atoms with van der Waals surface area (Å²) in [5.74, 6) is -0.541. The Labute approximate surface area is 70.8 Å². The summed E-state index contributed by atoms with van der Waals surface area (Å²) in [5.41, 5.74) is 0.557. The third-order valence-electron chi connectivity index (χ3n) is 1.06. The van der Waals surface area contributed by atoms with Gasteiger partial charge in [-0.05, 0) is 5.16 Å². The lowest BCUT2D eigenvalue weighted by atomic mass is 10.3. The lowest BCUT2D eigenvalue weighted by molar-refractivity contribution is 0.0588. The molecule has 6 heteroatoms. The Kier molecular flexibility index (Phi) is 2.58. The van der Waals surface area contributed by atoms with Crippen LogP contribution in [0.1, 0.15) is 16.2 Å². The summed E-state index contributed by atoms with van der Waals surface area (Å²) in [6.45, 7) is 0. The van der Waals surface area contributed by atoms with Crippen molar-refractivity contribution in [1.82, 2.24) is 10.3 Å². The third kappa shape index (κ3) is 1.56. The molecule has 0 saturated heterocycles. The van der Waals surface area contributed by atoms with E-state index in [1.165, 1.54) is 7.11 Å². The average Bonchev–Trinajstić information content (AvgIpc) is 2.50. The molecule has 0 saturated carbocycles. The van der Waals surface area contributed by atoms with Crippen molar-refractivity contribution in [3.05, 3.63) is 11.4 Å². The number of aromatic nitrogens is 2. The average molecular weight is 221 g/mol. The van der Waals surface area contributed by atoms with E-state index < -0.39 is 5.97 Å². The highest BCUT2D eigenvalue weighted by atomic mass is 79.9. The molecule has 0 fully saturated rings. The molecule has 0 aromatic carbocycles. The molecule has 0 aliphatic heterocycles. The van der Waals surface area contributed by atoms with Crippen molar-refractivity contribution in [3.8, 4) is 0 Å². The van der Waals surface area contributed by atoms with E-state index in [9.17, 15) is 4.79 Å². The smallest absolute Gasteiger partial charge is 0.362 e. The summed E-state index contributed by atoms with van der Waals surface area (Å²) < 4.78 is 8.74. The first-order valence-electron chi connectivity index (χ1n) is 2.75. The Hall–Kier alpha value is -0.910. The molecular formula is C5H5BrN2O3. The minimum absolute atomic E-state index is 0.115. The van der Waals surface area contributed by atoms with Crippen LogP contribution in [-0.2, 0) is 10.1 Å². The summed E-state index contributed by atoms with van der Waals surface area (Å²) in [4.78, 5) is 10.8. The SMILES string of the molecule is COC(=O)c1nonc1CBr. The van der Waals surface area contributed by atoms with Gasteiger partial charge in [0.1, 0.15) is 5.69 Å². The molecule has 1 aromatic rings. The van der Waals surface area contributed by atoms with Gasteiger partial charge in [-0.2, -0.15) is 0 Å². The van der Waals surface area contributed by atoms with Gasteiger partial charge in [0, 0.05) is 0 Å². The van der Waals surface area contributed by atoms with Gasteiger partial charge in [-0.1, -0.05) is 21.1 Å². The minimum Gasteiger partial charge on any atom is -0.464 e. The zero-order chi connectivity index (χ0) is 8.27. The van der Waals surface area contributed by atoms with Crippen LogP contribution in [0.5, 0.6) is 0 Å². The van der Waals surface area contributed by atoms with Crippen molar-refractivity contribution in [2.24, 2.45) is 0 Å². The van der Waals surface area contributed by atoms with E-state index in [2.05, 4.69) is 35.6 Å². The van der Waals surface area contributed by atoms with Gasteiger partial charge in [0.05, 0.1) is 12.4 Å². The number of carbonyl (C=O) groups is 1. The maximum Gasteiger partial charge on any atom is 0.362 e. The maximum absolute atomic E-state index is 10.8. The number of nitrogens with zero attached hydrogens (tertiary/aromatic N) is 2. The van der Waals surface area contributed by atoms with Crippen LogP contribution in [0, 0.1) is 0 Å². The standard InChI is InChI=1S/C5H5BrN2O3/c1-10-5(9)4-3(2-6)7-11-8-4/h2H2,1H3. The molecule has 11 heavy (non-hydrogen) atoms. The first-order chi connectivity index (χ1) is 5.29. The topological polar surface area (TPSA) is 65.2 Å². The number of hydrogen-bond donors (Lipinski definition) is 0. The van der Waals surface area contributed by atoms with E-state index in [0.717, 1.165) is 0 Å². The highest BCUT2D eigenvalue weighted by molar-refractivity contribution is 9.08. The summed E-state index contributed by atoms with van der Waals surface area (Å²) in [5, 5.41) is 7.25. The number of esters is 1. The maximum atomic E-state index is 10.8. The Balaban J connectivity index is 2.92. The molecule has 5 nitrogen and oxygen atoms in total. The molecule has 1 heterocycles. The Morgan fingerprint density at radius 3 is 3.00 bits per heavy atom. The molecule has 0 aliphatic rings. The highest BCUT2D eigenvalue weighted by Crippen LogP contribution is 2.07. The quantitative estimate of drug-likeness (QED) is 0.544. The lowest BCUT2D eigenvalue weighted by Crippen LogP contribution is -2.04. The number of ether oxygens (including phenoxy) is 1. The van der Waals surface area contributed by atoms with Crippen LogP contribution in [0.25, 0.3) is 0 Å². The highest BCUT2D eigenvalue weighted by Gasteiger charge is 2.16. The second-order valence-corrected chi connectivity index (χ2v) is 2.25. The summed E-state index contributed by atoms with van der Waals surface area (Å²) in [6.07, 6.45) is 0. The normalized spacial score (nSPS) is 9.64. The molecule has 0 radical (unpaired) electrons. The zero-order valence-corrected chi connectivity index (χ0v) is 7.29. The number of hydrogen-bond acceptors (Lipinski definition) is 5. The number of rotatable bonds is 2. The van der Waals surface area contributed by atoms with Crippen molar-refractivity contribution in [3.63, 3.8) is 0 Å². The fraction of sp³-hybridized carbons (Fsp3) is 0.400. The van der Waals surface area contributed by atoms with Gasteiger partial charge in [0.15, 0.2) is 0 Å². The first-order valence-corrected chi connectivity index (χ1v) is 3.87. The molecule has 1 rings (SSSR count). The molecule has 60 valence electrons. The molecule has 1 aromatic heterocycles. The van der Waals surface area contributed by atoms with Crippen molar-refractivity contribution in [2.75, 3.05) is 7.11 Å². The van der Waals surface area contributed by atoms with Gasteiger partial charge in [-0.15, -0.1) is 0 Å². The van der Waals surface area contributed by atoms with E-state index >= 15 is 0 Å². The number of alkyl halides is 1. The Morgan fingerprint density at radius 2 is 2.45 bits per heavy atom. The molecule has 0 N–H and O–H groups in total.